The number of amides is 2. The van der Waals surface area contributed by atoms with Crippen LogP contribution in [0.3, 0.4) is 0 Å². The molecule has 0 atom stereocenters. The molecule has 2 amide bonds. The average molecular weight is 346 g/mol. The Bertz CT molecular complexity index is 532. The Morgan fingerprint density at radius 1 is 1.32 bits per heavy atom. The molecule has 0 spiro atoms. The summed E-state index contributed by atoms with van der Waals surface area (Å²) in [4.78, 5) is 24.3. The van der Waals surface area contributed by atoms with Crippen LogP contribution in [0.5, 0.6) is 0 Å². The summed E-state index contributed by atoms with van der Waals surface area (Å²) >= 11 is 5.97. The Labute approximate surface area is 141 Å². The fourth-order valence-electron chi connectivity index (χ4n) is 2.39. The normalized spacial score (nSPS) is 14.8. The molecule has 1 heterocycles. The lowest BCUT2D eigenvalue weighted by atomic mass is 9.97. The molecule has 1 aliphatic rings. The Kier molecular flexibility index (Phi) is 7.65. The molecule has 1 fully saturated rings. The summed E-state index contributed by atoms with van der Waals surface area (Å²) in [5.41, 5.74) is 0.903. The molecule has 1 aliphatic heterocycles. The van der Waals surface area contributed by atoms with Crippen LogP contribution >= 0.6 is 24.0 Å². The zero-order chi connectivity index (χ0) is 15.2. The first-order valence-electron chi connectivity index (χ1n) is 7.21. The van der Waals surface area contributed by atoms with Crippen molar-refractivity contribution in [3.63, 3.8) is 0 Å². The van der Waals surface area contributed by atoms with Crippen LogP contribution in [0.15, 0.2) is 18.2 Å². The minimum atomic E-state index is -0.213. The van der Waals surface area contributed by atoms with Gasteiger partial charge in [0.1, 0.15) is 0 Å². The van der Waals surface area contributed by atoms with Crippen LogP contribution in [0.1, 0.15) is 30.1 Å². The van der Waals surface area contributed by atoms with Gasteiger partial charge < -0.3 is 16.0 Å². The van der Waals surface area contributed by atoms with E-state index in [1.165, 1.54) is 0 Å². The third kappa shape index (κ3) is 4.87. The van der Waals surface area contributed by atoms with E-state index in [2.05, 4.69) is 16.0 Å². The van der Waals surface area contributed by atoms with E-state index in [9.17, 15) is 9.59 Å². The van der Waals surface area contributed by atoms with E-state index in [0.29, 0.717) is 22.8 Å². The second kappa shape index (κ2) is 8.98. The molecule has 1 aromatic carbocycles. The van der Waals surface area contributed by atoms with Crippen molar-refractivity contribution in [1.29, 1.82) is 0 Å². The number of piperidine rings is 1. The first kappa shape index (κ1) is 18.7. The number of hydrogen-bond donors (Lipinski definition) is 3. The third-order valence-electron chi connectivity index (χ3n) is 3.53. The van der Waals surface area contributed by atoms with Crippen LogP contribution in [0.25, 0.3) is 0 Å². The maximum Gasteiger partial charge on any atom is 0.253 e. The molecule has 0 unspecified atom stereocenters. The van der Waals surface area contributed by atoms with Gasteiger partial charge in [0, 0.05) is 17.5 Å². The lowest BCUT2D eigenvalue weighted by Crippen LogP contribution is -2.35. The molecule has 0 bridgehead atoms. The van der Waals surface area contributed by atoms with Crippen molar-refractivity contribution in [3.8, 4) is 0 Å². The van der Waals surface area contributed by atoms with Crippen molar-refractivity contribution in [3.05, 3.63) is 28.8 Å². The maximum absolute atomic E-state index is 12.3. The molecular formula is C15H21Cl2N3O2. The van der Waals surface area contributed by atoms with Gasteiger partial charge in [-0.05, 0) is 51.1 Å². The number of carbonyl (C=O) groups excluding carboxylic acids is 2. The van der Waals surface area contributed by atoms with Crippen LogP contribution in [-0.4, -0.2) is 31.4 Å². The molecule has 122 valence electrons. The molecule has 2 rings (SSSR count). The molecule has 0 aromatic heterocycles. The van der Waals surface area contributed by atoms with Gasteiger partial charge in [-0.15, -0.1) is 12.4 Å². The predicted molar refractivity (Wildman–Crippen MR) is 90.9 cm³/mol. The fourth-order valence-corrected chi connectivity index (χ4v) is 2.56. The van der Waals surface area contributed by atoms with Crippen molar-refractivity contribution >= 4 is 41.5 Å². The van der Waals surface area contributed by atoms with E-state index in [0.717, 1.165) is 25.9 Å². The van der Waals surface area contributed by atoms with Crippen molar-refractivity contribution in [2.24, 2.45) is 5.92 Å². The molecule has 1 aromatic rings. The number of carbonyl (C=O) groups is 2. The highest BCUT2D eigenvalue weighted by Gasteiger charge is 2.22. The molecule has 0 radical (unpaired) electrons. The zero-order valence-electron chi connectivity index (χ0n) is 12.4. The van der Waals surface area contributed by atoms with Crippen LogP contribution in [0.4, 0.5) is 5.69 Å². The van der Waals surface area contributed by atoms with Crippen LogP contribution in [0.2, 0.25) is 5.02 Å². The Morgan fingerprint density at radius 2 is 2.00 bits per heavy atom. The molecule has 22 heavy (non-hydrogen) atoms. The van der Waals surface area contributed by atoms with E-state index < -0.39 is 0 Å². The number of nitrogens with one attached hydrogen (secondary N) is 3. The minimum Gasteiger partial charge on any atom is -0.352 e. The summed E-state index contributed by atoms with van der Waals surface area (Å²) in [7, 11) is 0. The number of anilines is 1. The summed E-state index contributed by atoms with van der Waals surface area (Å²) in [6, 6.07) is 4.89. The highest BCUT2D eigenvalue weighted by molar-refractivity contribution is 6.31. The minimum absolute atomic E-state index is 0. The van der Waals surface area contributed by atoms with E-state index in [-0.39, 0.29) is 30.1 Å². The fraction of sp³-hybridized carbons (Fsp3) is 0.467. The maximum atomic E-state index is 12.3. The van der Waals surface area contributed by atoms with Crippen molar-refractivity contribution in [1.82, 2.24) is 10.6 Å². The highest BCUT2D eigenvalue weighted by atomic mass is 35.5. The van der Waals surface area contributed by atoms with Gasteiger partial charge in [-0.2, -0.15) is 0 Å². The summed E-state index contributed by atoms with van der Waals surface area (Å²) < 4.78 is 0. The topological polar surface area (TPSA) is 70.2 Å². The van der Waals surface area contributed by atoms with Crippen molar-refractivity contribution in [2.45, 2.75) is 19.8 Å². The first-order valence-corrected chi connectivity index (χ1v) is 7.59. The van der Waals surface area contributed by atoms with Gasteiger partial charge in [0.25, 0.3) is 5.91 Å². The number of rotatable bonds is 4. The van der Waals surface area contributed by atoms with Gasteiger partial charge in [0.2, 0.25) is 5.91 Å². The molecule has 3 N–H and O–H groups in total. The van der Waals surface area contributed by atoms with Gasteiger partial charge in [-0.3, -0.25) is 9.59 Å². The third-order valence-corrected chi connectivity index (χ3v) is 3.77. The van der Waals surface area contributed by atoms with Gasteiger partial charge in [-0.1, -0.05) is 11.6 Å². The molecule has 0 aliphatic carbocycles. The number of hydrogen-bond acceptors (Lipinski definition) is 3. The summed E-state index contributed by atoms with van der Waals surface area (Å²) in [6.07, 6.45) is 1.62. The Balaban J connectivity index is 0.00000242. The Morgan fingerprint density at radius 3 is 2.64 bits per heavy atom. The van der Waals surface area contributed by atoms with E-state index >= 15 is 0 Å². The zero-order valence-corrected chi connectivity index (χ0v) is 14.0. The van der Waals surface area contributed by atoms with Crippen molar-refractivity contribution < 1.29 is 9.59 Å². The molecule has 1 saturated heterocycles. The predicted octanol–water partition coefficient (Wildman–Crippen LogP) is 2.45. The van der Waals surface area contributed by atoms with Gasteiger partial charge in [0.15, 0.2) is 0 Å². The smallest absolute Gasteiger partial charge is 0.253 e. The second-order valence-corrected chi connectivity index (χ2v) is 5.50. The largest absolute Gasteiger partial charge is 0.352 e. The van der Waals surface area contributed by atoms with E-state index in [1.54, 1.807) is 18.2 Å². The van der Waals surface area contributed by atoms with Crippen LogP contribution < -0.4 is 16.0 Å². The Hall–Kier alpha value is -1.30. The van der Waals surface area contributed by atoms with Crippen LogP contribution in [0, 0.1) is 5.92 Å². The van der Waals surface area contributed by atoms with E-state index in [4.69, 9.17) is 11.6 Å². The summed E-state index contributed by atoms with van der Waals surface area (Å²) in [5, 5.41) is 9.29. The average Bonchev–Trinajstić information content (AvgIpc) is 2.48. The molecule has 7 heteroatoms. The summed E-state index contributed by atoms with van der Waals surface area (Å²) in [5.74, 6) is -0.286. The molecular weight excluding hydrogens is 325 g/mol. The SMILES string of the molecule is CCNC(=O)c1ccc(Cl)cc1NC(=O)C1CCNCC1.Cl. The van der Waals surface area contributed by atoms with Gasteiger partial charge in [0.05, 0.1) is 11.3 Å². The van der Waals surface area contributed by atoms with E-state index in [1.807, 2.05) is 6.92 Å². The number of benzene rings is 1. The lowest BCUT2D eigenvalue weighted by molar-refractivity contribution is -0.120. The quantitative estimate of drug-likeness (QED) is 0.784. The standard InChI is InChI=1S/C15H20ClN3O2.ClH/c1-2-18-15(21)12-4-3-11(16)9-13(12)19-14(20)10-5-7-17-8-6-10;/h3-4,9-10,17H,2,5-8H2,1H3,(H,18,21)(H,19,20);1H. The van der Waals surface area contributed by atoms with Crippen molar-refractivity contribution in [2.75, 3.05) is 25.0 Å². The molecule has 5 nitrogen and oxygen atoms in total. The first-order chi connectivity index (χ1) is 10.1. The molecule has 0 saturated carbocycles. The highest BCUT2D eigenvalue weighted by Crippen LogP contribution is 2.23. The monoisotopic (exact) mass is 345 g/mol. The number of halogens is 2. The second-order valence-electron chi connectivity index (χ2n) is 5.06. The van der Waals surface area contributed by atoms with Gasteiger partial charge in [-0.25, -0.2) is 0 Å². The lowest BCUT2D eigenvalue weighted by Gasteiger charge is -2.22. The van der Waals surface area contributed by atoms with Gasteiger partial charge >= 0.3 is 0 Å². The summed E-state index contributed by atoms with van der Waals surface area (Å²) in [6.45, 7) is 4.07. The van der Waals surface area contributed by atoms with Crippen LogP contribution in [-0.2, 0) is 4.79 Å².